The van der Waals surface area contributed by atoms with Crippen LogP contribution in [-0.2, 0) is 9.59 Å². The summed E-state index contributed by atoms with van der Waals surface area (Å²) < 4.78 is 10.8. The fourth-order valence-electron chi connectivity index (χ4n) is 2.84. The smallest absolute Gasteiger partial charge is 0.343 e. The molecule has 0 aliphatic heterocycles. The minimum Gasteiger partial charge on any atom is -0.492 e. The average Bonchev–Trinajstić information content (AvgIpc) is 2.80. The molecule has 8 nitrogen and oxygen atoms in total. The van der Waals surface area contributed by atoms with Crippen LogP contribution in [0, 0.1) is 6.92 Å². The van der Waals surface area contributed by atoms with Crippen LogP contribution in [0.15, 0.2) is 77.9 Å². The minimum absolute atomic E-state index is 0.321. The number of nitrogens with one attached hydrogen (secondary N) is 2. The number of rotatable bonds is 7. The van der Waals surface area contributed by atoms with Gasteiger partial charge in [-0.05, 0) is 55.8 Å². The van der Waals surface area contributed by atoms with E-state index in [2.05, 4.69) is 15.8 Å². The molecule has 3 aromatic rings. The van der Waals surface area contributed by atoms with Crippen molar-refractivity contribution in [3.8, 4) is 11.5 Å². The molecule has 0 aliphatic carbocycles. The van der Waals surface area contributed by atoms with Gasteiger partial charge in [-0.1, -0.05) is 42.0 Å². The van der Waals surface area contributed by atoms with Gasteiger partial charge in [0, 0.05) is 0 Å². The van der Waals surface area contributed by atoms with Crippen LogP contribution in [0.4, 0.5) is 5.69 Å². The number of para-hydroxylation sites is 2. The first-order valence-electron chi connectivity index (χ1n) is 10.2. The molecule has 0 saturated carbocycles. The van der Waals surface area contributed by atoms with Crippen molar-refractivity contribution in [3.63, 3.8) is 0 Å². The zero-order valence-corrected chi connectivity index (χ0v) is 18.2. The van der Waals surface area contributed by atoms with Crippen molar-refractivity contribution in [3.05, 3.63) is 89.5 Å². The normalized spacial score (nSPS) is 10.5. The number of carbonyl (C=O) groups is 3. The monoisotopic (exact) mass is 445 g/mol. The van der Waals surface area contributed by atoms with E-state index in [4.69, 9.17) is 9.47 Å². The van der Waals surface area contributed by atoms with Crippen LogP contribution in [0.1, 0.15) is 28.4 Å². The summed E-state index contributed by atoms with van der Waals surface area (Å²) in [5, 5.41) is 6.28. The van der Waals surface area contributed by atoms with Crippen molar-refractivity contribution >= 4 is 29.7 Å². The molecular weight excluding hydrogens is 422 g/mol. The SMILES string of the molecule is CCOc1ccccc1NC(=O)C(=O)NN=Cc1cccc(OC(=O)c2cccc(C)c2)c1. The Morgan fingerprint density at radius 1 is 0.939 bits per heavy atom. The second-order valence-corrected chi connectivity index (χ2v) is 6.91. The molecular formula is C25H23N3O5. The number of hydrazone groups is 1. The first-order valence-corrected chi connectivity index (χ1v) is 10.2. The lowest BCUT2D eigenvalue weighted by Gasteiger charge is -2.10. The van der Waals surface area contributed by atoms with Crippen LogP contribution in [0.5, 0.6) is 11.5 Å². The zero-order chi connectivity index (χ0) is 23.6. The maximum atomic E-state index is 12.3. The topological polar surface area (TPSA) is 106 Å². The molecule has 0 saturated heterocycles. The number of esters is 1. The largest absolute Gasteiger partial charge is 0.492 e. The van der Waals surface area contributed by atoms with Gasteiger partial charge < -0.3 is 14.8 Å². The van der Waals surface area contributed by atoms with E-state index in [1.807, 2.05) is 19.9 Å². The number of nitrogens with zero attached hydrogens (tertiary/aromatic N) is 1. The molecule has 0 aliphatic rings. The summed E-state index contributed by atoms with van der Waals surface area (Å²) in [5.41, 5.74) is 4.50. The highest BCUT2D eigenvalue weighted by molar-refractivity contribution is 6.39. The number of anilines is 1. The number of amides is 2. The third-order valence-electron chi connectivity index (χ3n) is 4.34. The summed E-state index contributed by atoms with van der Waals surface area (Å²) in [7, 11) is 0. The zero-order valence-electron chi connectivity index (χ0n) is 18.2. The first-order chi connectivity index (χ1) is 16.0. The van der Waals surface area contributed by atoms with E-state index in [0.717, 1.165) is 5.56 Å². The van der Waals surface area contributed by atoms with Crippen molar-refractivity contribution < 1.29 is 23.9 Å². The molecule has 0 unspecified atom stereocenters. The average molecular weight is 445 g/mol. The van der Waals surface area contributed by atoms with Gasteiger partial charge in [-0.2, -0.15) is 5.10 Å². The highest BCUT2D eigenvalue weighted by atomic mass is 16.5. The van der Waals surface area contributed by atoms with Crippen molar-refractivity contribution in [2.24, 2.45) is 5.10 Å². The van der Waals surface area contributed by atoms with Crippen molar-refractivity contribution in [2.75, 3.05) is 11.9 Å². The summed E-state index contributed by atoms with van der Waals surface area (Å²) in [5.74, 6) is -1.53. The Kier molecular flexibility index (Phi) is 7.91. The molecule has 2 amide bonds. The maximum absolute atomic E-state index is 12.3. The maximum Gasteiger partial charge on any atom is 0.343 e. The summed E-state index contributed by atoms with van der Waals surface area (Å²) in [6.45, 7) is 4.13. The lowest BCUT2D eigenvalue weighted by atomic mass is 10.1. The van der Waals surface area contributed by atoms with Gasteiger partial charge in [-0.3, -0.25) is 9.59 Å². The number of ether oxygens (including phenoxy) is 2. The third kappa shape index (κ3) is 6.76. The minimum atomic E-state index is -0.945. The molecule has 3 aromatic carbocycles. The molecule has 8 heteroatoms. The van der Waals surface area contributed by atoms with Crippen LogP contribution >= 0.6 is 0 Å². The van der Waals surface area contributed by atoms with Gasteiger partial charge in [0.2, 0.25) is 0 Å². The number of aryl methyl sites for hydroxylation is 1. The molecule has 2 N–H and O–H groups in total. The Hall–Kier alpha value is -4.46. The molecule has 0 radical (unpaired) electrons. The standard InChI is InChI=1S/C25H23N3O5/c1-3-32-22-13-5-4-12-21(22)27-23(29)24(30)28-26-16-18-9-7-11-20(15-18)33-25(31)19-10-6-8-17(2)14-19/h4-16H,3H2,1-2H3,(H,27,29)(H,28,30). The number of benzene rings is 3. The lowest BCUT2D eigenvalue weighted by Crippen LogP contribution is -2.32. The van der Waals surface area contributed by atoms with E-state index >= 15 is 0 Å². The lowest BCUT2D eigenvalue weighted by molar-refractivity contribution is -0.136. The summed E-state index contributed by atoms with van der Waals surface area (Å²) in [4.78, 5) is 36.5. The van der Waals surface area contributed by atoms with Gasteiger partial charge in [-0.15, -0.1) is 0 Å². The molecule has 0 bridgehead atoms. The predicted molar refractivity (Wildman–Crippen MR) is 125 cm³/mol. The van der Waals surface area contributed by atoms with Crippen LogP contribution in [0.2, 0.25) is 0 Å². The van der Waals surface area contributed by atoms with Gasteiger partial charge in [0.25, 0.3) is 0 Å². The molecule has 0 heterocycles. The van der Waals surface area contributed by atoms with E-state index in [1.54, 1.807) is 66.7 Å². The van der Waals surface area contributed by atoms with Gasteiger partial charge in [-0.25, -0.2) is 10.2 Å². The fraction of sp³-hybridized carbons (Fsp3) is 0.120. The van der Waals surface area contributed by atoms with E-state index in [1.165, 1.54) is 6.21 Å². The Morgan fingerprint density at radius 3 is 2.52 bits per heavy atom. The summed E-state index contributed by atoms with van der Waals surface area (Å²) in [6, 6.07) is 20.5. The predicted octanol–water partition coefficient (Wildman–Crippen LogP) is 3.70. The molecule has 0 fully saturated rings. The highest BCUT2D eigenvalue weighted by Crippen LogP contribution is 2.23. The first kappa shape index (κ1) is 23.2. The van der Waals surface area contributed by atoms with E-state index in [9.17, 15) is 14.4 Å². The number of hydrogen-bond acceptors (Lipinski definition) is 6. The van der Waals surface area contributed by atoms with E-state index in [-0.39, 0.29) is 0 Å². The van der Waals surface area contributed by atoms with Gasteiger partial charge >= 0.3 is 17.8 Å². The molecule has 3 rings (SSSR count). The molecule has 33 heavy (non-hydrogen) atoms. The summed E-state index contributed by atoms with van der Waals surface area (Å²) >= 11 is 0. The van der Waals surface area contributed by atoms with Crippen molar-refractivity contribution in [1.29, 1.82) is 0 Å². The Bertz CT molecular complexity index is 1190. The Labute approximate surface area is 191 Å². The van der Waals surface area contributed by atoms with Crippen LogP contribution < -0.4 is 20.2 Å². The fourth-order valence-corrected chi connectivity index (χ4v) is 2.84. The quantitative estimate of drug-likeness (QED) is 0.190. The number of hydrogen-bond donors (Lipinski definition) is 2. The van der Waals surface area contributed by atoms with Gasteiger partial charge in [0.15, 0.2) is 0 Å². The second-order valence-electron chi connectivity index (χ2n) is 6.91. The van der Waals surface area contributed by atoms with E-state index in [0.29, 0.717) is 34.9 Å². The number of carbonyl (C=O) groups excluding carboxylic acids is 3. The van der Waals surface area contributed by atoms with Gasteiger partial charge in [0.1, 0.15) is 11.5 Å². The Balaban J connectivity index is 1.57. The highest BCUT2D eigenvalue weighted by Gasteiger charge is 2.15. The third-order valence-corrected chi connectivity index (χ3v) is 4.34. The summed E-state index contributed by atoms with van der Waals surface area (Å²) in [6.07, 6.45) is 1.34. The van der Waals surface area contributed by atoms with Crippen LogP contribution in [-0.4, -0.2) is 30.6 Å². The molecule has 0 atom stereocenters. The Morgan fingerprint density at radius 2 is 1.73 bits per heavy atom. The second kappa shape index (κ2) is 11.2. The molecule has 168 valence electrons. The van der Waals surface area contributed by atoms with E-state index < -0.39 is 17.8 Å². The van der Waals surface area contributed by atoms with Crippen molar-refractivity contribution in [1.82, 2.24) is 5.43 Å². The van der Waals surface area contributed by atoms with Crippen molar-refractivity contribution in [2.45, 2.75) is 13.8 Å². The molecule has 0 spiro atoms. The van der Waals surface area contributed by atoms with Gasteiger partial charge in [0.05, 0.1) is 24.1 Å². The van der Waals surface area contributed by atoms with Crippen LogP contribution in [0.3, 0.4) is 0 Å². The molecule has 0 aromatic heterocycles. The van der Waals surface area contributed by atoms with Crippen LogP contribution in [0.25, 0.3) is 0 Å².